The van der Waals surface area contributed by atoms with E-state index in [0.717, 1.165) is 51.4 Å². The molecule has 0 aromatic rings. The molecule has 3 saturated heterocycles. The van der Waals surface area contributed by atoms with Crippen LogP contribution in [0.3, 0.4) is 0 Å². The van der Waals surface area contributed by atoms with E-state index >= 15 is 0 Å². The van der Waals surface area contributed by atoms with Crippen molar-refractivity contribution in [2.24, 2.45) is 50.7 Å². The molecule has 0 aromatic heterocycles. The molecule has 8 aliphatic rings. The largest absolute Gasteiger partial charge is 0.457 e. The SMILES string of the molecule is CC(=O)OC(C)(C)[C@H]1O[C@@]23O[C@@H]1C[C@@H](C)[C@@H]2[C@@]1(C)CC[C@@]24C[C@@]25CC[C@H](O[C@@H]2O[C@H](CO)[C@H](O)[C@H](O)[C@H]2O)C(C)(C)[C@H]5CC[C@H]4[C@]1(C)[C@H]3O. The van der Waals surface area contributed by atoms with Crippen LogP contribution < -0.4 is 0 Å². The first-order chi connectivity index (χ1) is 22.8. The minimum atomic E-state index is -1.47. The fraction of sp³-hybridized carbons (Fsp3) is 0.974. The van der Waals surface area contributed by atoms with E-state index < -0.39 is 66.3 Å². The van der Waals surface area contributed by atoms with Crippen LogP contribution in [0.1, 0.15) is 107 Å². The molecule has 3 heterocycles. The quantitative estimate of drug-likeness (QED) is 0.213. The van der Waals surface area contributed by atoms with Crippen LogP contribution in [0.5, 0.6) is 0 Å². The van der Waals surface area contributed by atoms with Gasteiger partial charge in [-0.05, 0) is 105 Å². The number of rotatable bonds is 5. The summed E-state index contributed by atoms with van der Waals surface area (Å²) >= 11 is 0. The number of fused-ring (bicyclic) bond motifs is 4. The second kappa shape index (κ2) is 10.6. The molecule has 2 bridgehead atoms. The second-order valence-electron chi connectivity index (χ2n) is 19.3. The summed E-state index contributed by atoms with van der Waals surface area (Å²) in [6.07, 6.45) is -0.517. The molecule has 0 unspecified atom stereocenters. The first kappa shape index (κ1) is 35.2. The lowest BCUT2D eigenvalue weighted by Crippen LogP contribution is -2.62. The van der Waals surface area contributed by atoms with Crippen molar-refractivity contribution in [3.8, 4) is 0 Å². The number of ether oxygens (including phenoxy) is 5. The van der Waals surface area contributed by atoms with Crippen molar-refractivity contribution in [2.75, 3.05) is 6.61 Å². The third-order valence-corrected chi connectivity index (χ3v) is 16.7. The Balaban J connectivity index is 1.08. The van der Waals surface area contributed by atoms with E-state index in [1.54, 1.807) is 0 Å². The molecule has 5 saturated carbocycles. The lowest BCUT2D eigenvalue weighted by molar-refractivity contribution is -0.326. The van der Waals surface area contributed by atoms with Crippen molar-refractivity contribution >= 4 is 5.97 Å². The van der Waals surface area contributed by atoms with Gasteiger partial charge in [0.05, 0.1) is 18.8 Å². The summed E-state index contributed by atoms with van der Waals surface area (Å²) in [5, 5.41) is 54.1. The summed E-state index contributed by atoms with van der Waals surface area (Å²) in [5.74, 6) is -0.561. The maximum absolute atomic E-state index is 12.8. The van der Waals surface area contributed by atoms with Crippen molar-refractivity contribution in [2.45, 2.75) is 173 Å². The van der Waals surface area contributed by atoms with Crippen molar-refractivity contribution in [1.29, 1.82) is 0 Å². The highest BCUT2D eigenvalue weighted by molar-refractivity contribution is 5.66. The predicted molar refractivity (Wildman–Crippen MR) is 174 cm³/mol. The molecule has 49 heavy (non-hydrogen) atoms. The zero-order valence-corrected chi connectivity index (χ0v) is 30.6. The minimum absolute atomic E-state index is 0.0123. The normalized spacial score (nSPS) is 58.4. The molecule has 11 heteroatoms. The van der Waals surface area contributed by atoms with E-state index in [4.69, 9.17) is 23.7 Å². The molecule has 0 amide bonds. The van der Waals surface area contributed by atoms with Crippen LogP contribution in [0.4, 0.5) is 0 Å². The Morgan fingerprint density at radius 3 is 2.24 bits per heavy atom. The highest BCUT2D eigenvalue weighted by atomic mass is 16.8. The average Bonchev–Trinajstić information content (AvgIpc) is 3.53. The Bertz CT molecular complexity index is 1370. The Hall–Kier alpha value is -0.890. The second-order valence-corrected chi connectivity index (χ2v) is 19.3. The molecule has 0 radical (unpaired) electrons. The van der Waals surface area contributed by atoms with Crippen molar-refractivity contribution in [3.63, 3.8) is 0 Å². The first-order valence-corrected chi connectivity index (χ1v) is 19.0. The molecule has 5 N–H and O–H groups in total. The number of aliphatic hydroxyl groups is 5. The number of esters is 1. The van der Waals surface area contributed by atoms with Gasteiger partial charge in [0.25, 0.3) is 0 Å². The topological polar surface area (TPSA) is 164 Å². The molecular weight excluding hydrogens is 632 g/mol. The van der Waals surface area contributed by atoms with Crippen LogP contribution in [0.25, 0.3) is 0 Å². The fourth-order valence-electron chi connectivity index (χ4n) is 14.7. The molecular formula is C38H60O11. The van der Waals surface area contributed by atoms with E-state index in [9.17, 15) is 30.3 Å². The highest BCUT2D eigenvalue weighted by Crippen LogP contribution is 2.90. The molecule has 278 valence electrons. The van der Waals surface area contributed by atoms with E-state index in [1.165, 1.54) is 6.92 Å². The van der Waals surface area contributed by atoms with Crippen LogP contribution in [-0.2, 0) is 28.5 Å². The Morgan fingerprint density at radius 2 is 1.57 bits per heavy atom. The molecule has 18 atom stereocenters. The lowest BCUT2D eigenvalue weighted by Gasteiger charge is -2.63. The van der Waals surface area contributed by atoms with Gasteiger partial charge in [-0.15, -0.1) is 0 Å². The highest BCUT2D eigenvalue weighted by Gasteiger charge is 2.88. The van der Waals surface area contributed by atoms with Crippen molar-refractivity contribution in [1.82, 2.24) is 0 Å². The van der Waals surface area contributed by atoms with Gasteiger partial charge in [-0.2, -0.15) is 0 Å². The molecule has 5 aliphatic carbocycles. The standard InChI is InChI=1S/C38H60O11/c1-18-15-20-29(33(5,6)47-19(2)40)49-38(48-20)28(18)34(7)13-14-37-17-36(37)12-11-24(46-30-27(43)26(42)25(41)21(16-39)45-30)32(3,4)22(36)9-10-23(37)35(34,8)31(38)44/h18,20-31,39,41-44H,9-17H2,1-8H3/t18-,20-,21-,22-,23+,24+,25+,26+,27-,28-,29+,30+,31-,34-,35-,36-,37+,38+/m1/s1. The van der Waals surface area contributed by atoms with Crippen LogP contribution in [0, 0.1) is 50.7 Å². The van der Waals surface area contributed by atoms with Gasteiger partial charge in [0, 0.05) is 18.3 Å². The zero-order valence-electron chi connectivity index (χ0n) is 30.6. The third kappa shape index (κ3) is 4.14. The third-order valence-electron chi connectivity index (χ3n) is 16.7. The van der Waals surface area contributed by atoms with Crippen LogP contribution in [0.15, 0.2) is 0 Å². The van der Waals surface area contributed by atoms with Crippen molar-refractivity contribution < 1.29 is 54.0 Å². The van der Waals surface area contributed by atoms with Gasteiger partial charge in [-0.1, -0.05) is 34.6 Å². The molecule has 11 nitrogen and oxygen atoms in total. The molecule has 8 rings (SSSR count). The van der Waals surface area contributed by atoms with Gasteiger partial charge in [0.2, 0.25) is 0 Å². The number of hydrogen-bond donors (Lipinski definition) is 5. The Morgan fingerprint density at radius 1 is 0.898 bits per heavy atom. The van der Waals surface area contributed by atoms with E-state index in [2.05, 4.69) is 34.6 Å². The van der Waals surface area contributed by atoms with Gasteiger partial charge >= 0.3 is 5.97 Å². The van der Waals surface area contributed by atoms with Crippen LogP contribution >= 0.6 is 0 Å². The summed E-state index contributed by atoms with van der Waals surface area (Å²) < 4.78 is 32.0. The van der Waals surface area contributed by atoms with Gasteiger partial charge in [0.1, 0.15) is 42.2 Å². The van der Waals surface area contributed by atoms with Crippen molar-refractivity contribution in [3.05, 3.63) is 0 Å². The predicted octanol–water partition coefficient (Wildman–Crippen LogP) is 3.05. The maximum Gasteiger partial charge on any atom is 0.303 e. The van der Waals surface area contributed by atoms with Gasteiger partial charge in [-0.3, -0.25) is 4.79 Å². The van der Waals surface area contributed by atoms with Gasteiger partial charge < -0.3 is 49.2 Å². The molecule has 3 spiro atoms. The Kier molecular flexibility index (Phi) is 7.62. The van der Waals surface area contributed by atoms with Gasteiger partial charge in [0.15, 0.2) is 12.1 Å². The lowest BCUT2D eigenvalue weighted by atomic mass is 9.41. The monoisotopic (exact) mass is 692 g/mol. The van der Waals surface area contributed by atoms with Crippen LogP contribution in [0.2, 0.25) is 0 Å². The summed E-state index contributed by atoms with van der Waals surface area (Å²) in [6, 6.07) is 0. The number of carbonyl (C=O) groups is 1. The smallest absolute Gasteiger partial charge is 0.303 e. The summed E-state index contributed by atoms with van der Waals surface area (Å²) in [6.45, 7) is 16.3. The van der Waals surface area contributed by atoms with E-state index in [-0.39, 0.29) is 51.7 Å². The molecule has 3 aliphatic heterocycles. The zero-order chi connectivity index (χ0) is 35.5. The van der Waals surface area contributed by atoms with Crippen LogP contribution in [-0.4, -0.2) is 105 Å². The van der Waals surface area contributed by atoms with E-state index in [0.29, 0.717) is 11.8 Å². The van der Waals surface area contributed by atoms with Gasteiger partial charge in [-0.25, -0.2) is 0 Å². The molecule has 8 fully saturated rings. The summed E-state index contributed by atoms with van der Waals surface area (Å²) in [4.78, 5) is 12.1. The summed E-state index contributed by atoms with van der Waals surface area (Å²) in [7, 11) is 0. The average molecular weight is 693 g/mol. The minimum Gasteiger partial charge on any atom is -0.457 e. The van der Waals surface area contributed by atoms with E-state index in [1.807, 2.05) is 13.8 Å². The molecule has 0 aromatic carbocycles. The Labute approximate surface area is 290 Å². The maximum atomic E-state index is 12.8. The summed E-state index contributed by atoms with van der Waals surface area (Å²) in [5.41, 5.74) is -1.59. The first-order valence-electron chi connectivity index (χ1n) is 19.0. The fourth-order valence-corrected chi connectivity index (χ4v) is 14.7. The number of carbonyl (C=O) groups excluding carboxylic acids is 1. The number of hydrogen-bond acceptors (Lipinski definition) is 11. The number of aliphatic hydroxyl groups excluding tert-OH is 5.